The Morgan fingerprint density at radius 1 is 1.31 bits per heavy atom. The number of hydrogen-bond donors (Lipinski definition) is 0. The number of non-ortho nitro benzene ring substituents is 1. The van der Waals surface area contributed by atoms with Gasteiger partial charge in [-0.3, -0.25) is 14.9 Å². The maximum atomic E-state index is 13.0. The van der Waals surface area contributed by atoms with Gasteiger partial charge in [-0.25, -0.2) is 4.98 Å². The normalized spacial score (nSPS) is 17.0. The molecule has 1 aliphatic rings. The van der Waals surface area contributed by atoms with Crippen LogP contribution in [-0.2, 0) is 0 Å². The SMILES string of the molecule is O=C(c1ccc([N+](=O)[O-])cc1Cl)N1CCC[C@H]1c1nc2ccccc2s1. The van der Waals surface area contributed by atoms with E-state index in [1.807, 2.05) is 24.3 Å². The smallest absolute Gasteiger partial charge is 0.270 e. The predicted molar refractivity (Wildman–Crippen MR) is 101 cm³/mol. The number of amides is 1. The van der Waals surface area contributed by atoms with Crippen molar-refractivity contribution in [3.05, 3.63) is 68.2 Å². The van der Waals surface area contributed by atoms with Gasteiger partial charge in [0.1, 0.15) is 5.01 Å². The summed E-state index contributed by atoms with van der Waals surface area (Å²) in [5, 5.41) is 11.9. The molecule has 1 atom stereocenters. The van der Waals surface area contributed by atoms with Crippen LogP contribution in [0.1, 0.15) is 34.2 Å². The summed E-state index contributed by atoms with van der Waals surface area (Å²) < 4.78 is 1.09. The number of fused-ring (bicyclic) bond motifs is 1. The molecule has 3 aromatic rings. The van der Waals surface area contributed by atoms with Crippen molar-refractivity contribution in [2.45, 2.75) is 18.9 Å². The first-order valence-corrected chi connectivity index (χ1v) is 9.34. The first-order valence-electron chi connectivity index (χ1n) is 8.15. The van der Waals surface area contributed by atoms with Crippen molar-refractivity contribution in [1.82, 2.24) is 9.88 Å². The average molecular weight is 388 g/mol. The molecule has 2 aromatic carbocycles. The largest absolute Gasteiger partial charge is 0.329 e. The molecular weight excluding hydrogens is 374 g/mol. The molecule has 0 spiro atoms. The van der Waals surface area contributed by atoms with Crippen LogP contribution in [0.3, 0.4) is 0 Å². The fraction of sp³-hybridized carbons (Fsp3) is 0.222. The van der Waals surface area contributed by atoms with E-state index in [0.717, 1.165) is 28.1 Å². The fourth-order valence-corrected chi connectivity index (χ4v) is 4.62. The molecule has 0 radical (unpaired) electrons. The van der Waals surface area contributed by atoms with Gasteiger partial charge in [-0.05, 0) is 31.0 Å². The maximum Gasteiger partial charge on any atom is 0.270 e. The molecule has 0 N–H and O–H groups in total. The van der Waals surface area contributed by atoms with Gasteiger partial charge in [0.25, 0.3) is 11.6 Å². The number of rotatable bonds is 3. The summed E-state index contributed by atoms with van der Waals surface area (Å²) in [4.78, 5) is 29.8. The molecule has 26 heavy (non-hydrogen) atoms. The van der Waals surface area contributed by atoms with Crippen LogP contribution in [0.15, 0.2) is 42.5 Å². The lowest BCUT2D eigenvalue weighted by molar-refractivity contribution is -0.384. The molecule has 1 amide bonds. The van der Waals surface area contributed by atoms with E-state index in [2.05, 4.69) is 4.98 Å². The van der Waals surface area contributed by atoms with Crippen LogP contribution in [0.2, 0.25) is 5.02 Å². The topological polar surface area (TPSA) is 76.3 Å². The molecule has 1 aromatic heterocycles. The zero-order valence-corrected chi connectivity index (χ0v) is 15.2. The third-order valence-electron chi connectivity index (χ3n) is 4.50. The molecule has 0 aliphatic carbocycles. The van der Waals surface area contributed by atoms with E-state index in [0.29, 0.717) is 6.54 Å². The zero-order chi connectivity index (χ0) is 18.3. The van der Waals surface area contributed by atoms with E-state index in [4.69, 9.17) is 11.6 Å². The van der Waals surface area contributed by atoms with E-state index >= 15 is 0 Å². The number of likely N-dealkylation sites (tertiary alicyclic amines) is 1. The molecule has 4 rings (SSSR count). The second-order valence-electron chi connectivity index (χ2n) is 6.10. The molecule has 132 valence electrons. The minimum atomic E-state index is -0.528. The van der Waals surface area contributed by atoms with Crippen molar-refractivity contribution in [2.75, 3.05) is 6.54 Å². The van der Waals surface area contributed by atoms with Crippen LogP contribution in [0, 0.1) is 10.1 Å². The van der Waals surface area contributed by atoms with Gasteiger partial charge in [-0.1, -0.05) is 23.7 Å². The molecule has 1 fully saturated rings. The highest BCUT2D eigenvalue weighted by Crippen LogP contribution is 2.38. The van der Waals surface area contributed by atoms with Gasteiger partial charge in [0.05, 0.1) is 31.8 Å². The Morgan fingerprint density at radius 2 is 2.12 bits per heavy atom. The highest BCUT2D eigenvalue weighted by atomic mass is 35.5. The van der Waals surface area contributed by atoms with Gasteiger partial charge in [0, 0.05) is 18.7 Å². The Hall–Kier alpha value is -2.51. The van der Waals surface area contributed by atoms with E-state index in [1.54, 1.807) is 16.2 Å². The Kier molecular flexibility index (Phi) is 4.34. The number of aromatic nitrogens is 1. The van der Waals surface area contributed by atoms with Crippen LogP contribution in [-0.4, -0.2) is 27.3 Å². The summed E-state index contributed by atoms with van der Waals surface area (Å²) in [7, 11) is 0. The van der Waals surface area contributed by atoms with Crippen molar-refractivity contribution >= 4 is 44.7 Å². The lowest BCUT2D eigenvalue weighted by Gasteiger charge is -2.23. The van der Waals surface area contributed by atoms with Crippen LogP contribution >= 0.6 is 22.9 Å². The van der Waals surface area contributed by atoms with E-state index < -0.39 is 4.92 Å². The maximum absolute atomic E-state index is 13.0. The summed E-state index contributed by atoms with van der Waals surface area (Å²) >= 11 is 7.73. The second-order valence-corrected chi connectivity index (χ2v) is 7.57. The summed E-state index contributed by atoms with van der Waals surface area (Å²) in [5.74, 6) is -0.216. The van der Waals surface area contributed by atoms with Crippen LogP contribution in [0.4, 0.5) is 5.69 Å². The number of thiazole rings is 1. The molecule has 6 nitrogen and oxygen atoms in total. The Morgan fingerprint density at radius 3 is 2.85 bits per heavy atom. The van der Waals surface area contributed by atoms with Crippen molar-refractivity contribution in [3.8, 4) is 0 Å². The standard InChI is InChI=1S/C18H14ClN3O3S/c19-13-10-11(22(24)25)7-8-12(13)18(23)21-9-3-5-15(21)17-20-14-4-1-2-6-16(14)26-17/h1-2,4,6-8,10,15H,3,5,9H2/t15-/m0/s1. The molecule has 0 unspecified atom stereocenters. The minimum Gasteiger partial charge on any atom is -0.329 e. The molecule has 8 heteroatoms. The molecule has 0 saturated carbocycles. The quantitative estimate of drug-likeness (QED) is 0.476. The van der Waals surface area contributed by atoms with Crippen molar-refractivity contribution in [1.29, 1.82) is 0 Å². The number of nitro benzene ring substituents is 1. The third-order valence-corrected chi connectivity index (χ3v) is 5.95. The molecule has 1 saturated heterocycles. The van der Waals surface area contributed by atoms with Crippen molar-refractivity contribution in [2.24, 2.45) is 0 Å². The first kappa shape index (κ1) is 16.9. The van der Waals surface area contributed by atoms with Crippen molar-refractivity contribution < 1.29 is 9.72 Å². The molecule has 1 aliphatic heterocycles. The highest BCUT2D eigenvalue weighted by molar-refractivity contribution is 7.18. The number of benzene rings is 2. The Balaban J connectivity index is 1.65. The monoisotopic (exact) mass is 387 g/mol. The number of carbonyl (C=O) groups excluding carboxylic acids is 1. The minimum absolute atomic E-state index is 0.0915. The van der Waals surface area contributed by atoms with Crippen LogP contribution in [0.25, 0.3) is 10.2 Å². The van der Waals surface area contributed by atoms with Gasteiger partial charge in [0.2, 0.25) is 0 Å². The van der Waals surface area contributed by atoms with Crippen LogP contribution < -0.4 is 0 Å². The van der Waals surface area contributed by atoms with E-state index in [1.165, 1.54) is 18.2 Å². The number of hydrogen-bond acceptors (Lipinski definition) is 5. The zero-order valence-electron chi connectivity index (χ0n) is 13.6. The number of carbonyl (C=O) groups is 1. The summed E-state index contributed by atoms with van der Waals surface area (Å²) in [5.41, 5.74) is 1.08. The number of para-hydroxylation sites is 1. The van der Waals surface area contributed by atoms with Gasteiger partial charge in [0.15, 0.2) is 0 Å². The Labute approximate surface area is 158 Å². The van der Waals surface area contributed by atoms with Gasteiger partial charge in [-0.15, -0.1) is 11.3 Å². The number of nitro groups is 1. The van der Waals surface area contributed by atoms with Gasteiger partial charge < -0.3 is 4.90 Å². The third kappa shape index (κ3) is 2.93. The van der Waals surface area contributed by atoms with Gasteiger partial charge >= 0.3 is 0 Å². The summed E-state index contributed by atoms with van der Waals surface area (Å²) in [6, 6.07) is 11.8. The highest BCUT2D eigenvalue weighted by Gasteiger charge is 2.33. The lowest BCUT2D eigenvalue weighted by Crippen LogP contribution is -2.30. The molecule has 0 bridgehead atoms. The Bertz CT molecular complexity index is 987. The number of nitrogens with zero attached hydrogens (tertiary/aromatic N) is 3. The number of halogens is 1. The van der Waals surface area contributed by atoms with Crippen LogP contribution in [0.5, 0.6) is 0 Å². The molecule has 2 heterocycles. The summed E-state index contributed by atoms with van der Waals surface area (Å²) in [6.07, 6.45) is 1.73. The first-order chi connectivity index (χ1) is 12.5. The van der Waals surface area contributed by atoms with Crippen molar-refractivity contribution in [3.63, 3.8) is 0 Å². The average Bonchev–Trinajstić information content (AvgIpc) is 3.27. The second kappa shape index (κ2) is 6.66. The lowest BCUT2D eigenvalue weighted by atomic mass is 10.1. The van der Waals surface area contributed by atoms with E-state index in [-0.39, 0.29) is 28.2 Å². The van der Waals surface area contributed by atoms with Gasteiger partial charge in [-0.2, -0.15) is 0 Å². The van der Waals surface area contributed by atoms with E-state index in [9.17, 15) is 14.9 Å². The fourth-order valence-electron chi connectivity index (χ4n) is 3.24. The predicted octanol–water partition coefficient (Wildman–Crippen LogP) is 4.84. The summed E-state index contributed by atoms with van der Waals surface area (Å²) in [6.45, 7) is 0.618. The molecular formula is C18H14ClN3O3S.